The number of hydrogen-bond donors (Lipinski definition) is 1. The third kappa shape index (κ3) is 3.05. The second kappa shape index (κ2) is 4.91. The molecule has 1 heterocycles. The molecule has 1 aromatic rings. The number of nitrogens with zero attached hydrogens (tertiary/aromatic N) is 1. The number of rotatable bonds is 2. The van der Waals surface area contributed by atoms with Crippen molar-refractivity contribution in [3.05, 3.63) is 29.8 Å². The first kappa shape index (κ1) is 13.4. The van der Waals surface area contributed by atoms with Crippen molar-refractivity contribution in [2.45, 2.75) is 19.4 Å². The Balaban J connectivity index is 2.18. The molecule has 5 heteroatoms. The number of nitrogens with one attached hydrogen (secondary N) is 1. The van der Waals surface area contributed by atoms with Gasteiger partial charge in [0.05, 0.1) is 24.8 Å². The summed E-state index contributed by atoms with van der Waals surface area (Å²) >= 11 is 0. The number of methoxy groups -OCH3 is 1. The van der Waals surface area contributed by atoms with Crippen molar-refractivity contribution in [1.29, 1.82) is 0 Å². The average Bonchev–Trinajstić information content (AvgIpc) is 2.35. The van der Waals surface area contributed by atoms with Gasteiger partial charge in [-0.3, -0.25) is 4.79 Å². The SMILES string of the molecule is COC(=O)c1ccc(N2CC(=O)NC(C)(C)C2)cc1. The summed E-state index contributed by atoms with van der Waals surface area (Å²) in [6.45, 7) is 5.04. The zero-order valence-electron chi connectivity index (χ0n) is 11.4. The van der Waals surface area contributed by atoms with Gasteiger partial charge in [-0.1, -0.05) is 0 Å². The summed E-state index contributed by atoms with van der Waals surface area (Å²) in [7, 11) is 1.35. The van der Waals surface area contributed by atoms with Crippen molar-refractivity contribution in [3.63, 3.8) is 0 Å². The highest BCUT2D eigenvalue weighted by Gasteiger charge is 2.30. The fourth-order valence-electron chi connectivity index (χ4n) is 2.27. The van der Waals surface area contributed by atoms with Gasteiger partial charge in [-0.25, -0.2) is 4.79 Å². The van der Waals surface area contributed by atoms with E-state index in [1.807, 2.05) is 30.9 Å². The van der Waals surface area contributed by atoms with E-state index >= 15 is 0 Å². The number of amides is 1. The van der Waals surface area contributed by atoms with Crippen LogP contribution in [0.25, 0.3) is 0 Å². The smallest absolute Gasteiger partial charge is 0.337 e. The Morgan fingerprint density at radius 3 is 2.47 bits per heavy atom. The zero-order chi connectivity index (χ0) is 14.0. The van der Waals surface area contributed by atoms with Crippen molar-refractivity contribution < 1.29 is 14.3 Å². The van der Waals surface area contributed by atoms with Crippen LogP contribution in [0.2, 0.25) is 0 Å². The molecule has 102 valence electrons. The molecule has 0 aromatic heterocycles. The van der Waals surface area contributed by atoms with Crippen LogP contribution in [-0.4, -0.2) is 37.6 Å². The predicted octanol–water partition coefficient (Wildman–Crippen LogP) is 1.19. The molecule has 1 aromatic carbocycles. The van der Waals surface area contributed by atoms with Crippen LogP contribution in [0.4, 0.5) is 5.69 Å². The minimum atomic E-state index is -0.358. The van der Waals surface area contributed by atoms with Gasteiger partial charge in [0.15, 0.2) is 0 Å². The first-order chi connectivity index (χ1) is 8.91. The van der Waals surface area contributed by atoms with Crippen LogP contribution in [-0.2, 0) is 9.53 Å². The van der Waals surface area contributed by atoms with Crippen molar-refractivity contribution >= 4 is 17.6 Å². The van der Waals surface area contributed by atoms with Crippen LogP contribution in [0.15, 0.2) is 24.3 Å². The number of carbonyl (C=O) groups is 2. The topological polar surface area (TPSA) is 58.6 Å². The minimum Gasteiger partial charge on any atom is -0.465 e. The van der Waals surface area contributed by atoms with Crippen LogP contribution in [0.5, 0.6) is 0 Å². The summed E-state index contributed by atoms with van der Waals surface area (Å²) < 4.78 is 4.66. The lowest BCUT2D eigenvalue weighted by Gasteiger charge is -2.39. The molecule has 0 atom stereocenters. The quantitative estimate of drug-likeness (QED) is 0.813. The van der Waals surface area contributed by atoms with Crippen molar-refractivity contribution in [1.82, 2.24) is 5.32 Å². The van der Waals surface area contributed by atoms with Gasteiger partial charge in [0.25, 0.3) is 0 Å². The molecule has 2 rings (SSSR count). The number of hydrogen-bond acceptors (Lipinski definition) is 4. The molecule has 0 radical (unpaired) electrons. The lowest BCUT2D eigenvalue weighted by atomic mass is 10.0. The average molecular weight is 262 g/mol. The van der Waals surface area contributed by atoms with Gasteiger partial charge >= 0.3 is 5.97 Å². The summed E-state index contributed by atoms with van der Waals surface area (Å²) in [4.78, 5) is 25.0. The maximum absolute atomic E-state index is 11.7. The van der Waals surface area contributed by atoms with E-state index in [0.29, 0.717) is 12.1 Å². The highest BCUT2D eigenvalue weighted by atomic mass is 16.5. The molecule has 1 N–H and O–H groups in total. The Kier molecular flexibility index (Phi) is 3.46. The van der Waals surface area contributed by atoms with Crippen LogP contribution in [0.1, 0.15) is 24.2 Å². The second-order valence-corrected chi connectivity index (χ2v) is 5.33. The molecule has 0 saturated carbocycles. The largest absolute Gasteiger partial charge is 0.465 e. The Bertz CT molecular complexity index is 494. The molecule has 1 aliphatic rings. The Hall–Kier alpha value is -2.04. The molecule has 0 spiro atoms. The Morgan fingerprint density at radius 2 is 1.95 bits per heavy atom. The summed E-state index contributed by atoms with van der Waals surface area (Å²) in [5.41, 5.74) is 1.18. The summed E-state index contributed by atoms with van der Waals surface area (Å²) in [6, 6.07) is 7.09. The van der Waals surface area contributed by atoms with Crippen LogP contribution in [0, 0.1) is 0 Å². The number of ether oxygens (including phenoxy) is 1. The van der Waals surface area contributed by atoms with Gasteiger partial charge in [0, 0.05) is 12.2 Å². The molecule has 0 unspecified atom stereocenters. The zero-order valence-corrected chi connectivity index (χ0v) is 11.4. The molecule has 1 fully saturated rings. The maximum Gasteiger partial charge on any atom is 0.337 e. The summed E-state index contributed by atoms with van der Waals surface area (Å²) in [5.74, 6) is -0.350. The van der Waals surface area contributed by atoms with Crippen molar-refractivity contribution in [3.8, 4) is 0 Å². The highest BCUT2D eigenvalue weighted by Crippen LogP contribution is 2.21. The molecular formula is C14H18N2O3. The standard InChI is InChI=1S/C14H18N2O3/c1-14(2)9-16(8-12(17)15-14)11-6-4-10(5-7-11)13(18)19-3/h4-7H,8-9H2,1-3H3,(H,15,17). The number of carbonyl (C=O) groups excluding carboxylic acids is 2. The Labute approximate surface area is 112 Å². The van der Waals surface area contributed by atoms with Gasteiger partial charge in [-0.2, -0.15) is 0 Å². The van der Waals surface area contributed by atoms with E-state index in [0.717, 1.165) is 12.2 Å². The number of piperazine rings is 1. The third-order valence-corrected chi connectivity index (χ3v) is 3.05. The van der Waals surface area contributed by atoms with E-state index in [9.17, 15) is 9.59 Å². The van der Waals surface area contributed by atoms with E-state index in [2.05, 4.69) is 10.1 Å². The monoisotopic (exact) mass is 262 g/mol. The van der Waals surface area contributed by atoms with E-state index in [1.165, 1.54) is 7.11 Å². The number of esters is 1. The van der Waals surface area contributed by atoms with Crippen LogP contribution >= 0.6 is 0 Å². The highest BCUT2D eigenvalue weighted by molar-refractivity contribution is 5.90. The van der Waals surface area contributed by atoms with Gasteiger partial charge < -0.3 is 15.0 Å². The third-order valence-electron chi connectivity index (χ3n) is 3.05. The molecule has 1 aliphatic heterocycles. The molecule has 19 heavy (non-hydrogen) atoms. The maximum atomic E-state index is 11.7. The molecule has 0 bridgehead atoms. The molecular weight excluding hydrogens is 244 g/mol. The summed E-state index contributed by atoms with van der Waals surface area (Å²) in [5, 5.41) is 2.94. The van der Waals surface area contributed by atoms with Gasteiger partial charge in [-0.05, 0) is 38.1 Å². The van der Waals surface area contributed by atoms with Gasteiger partial charge in [0.1, 0.15) is 0 Å². The molecule has 1 saturated heterocycles. The Morgan fingerprint density at radius 1 is 1.32 bits per heavy atom. The second-order valence-electron chi connectivity index (χ2n) is 5.33. The first-order valence-electron chi connectivity index (χ1n) is 6.16. The lowest BCUT2D eigenvalue weighted by Crippen LogP contribution is -2.60. The molecule has 0 aliphatic carbocycles. The van der Waals surface area contributed by atoms with Crippen molar-refractivity contribution in [2.24, 2.45) is 0 Å². The lowest BCUT2D eigenvalue weighted by molar-refractivity contribution is -0.122. The number of anilines is 1. The molecule has 5 nitrogen and oxygen atoms in total. The fraction of sp³-hybridized carbons (Fsp3) is 0.429. The predicted molar refractivity (Wildman–Crippen MR) is 72.2 cm³/mol. The summed E-state index contributed by atoms with van der Waals surface area (Å²) in [6.07, 6.45) is 0. The van der Waals surface area contributed by atoms with Crippen molar-refractivity contribution in [2.75, 3.05) is 25.1 Å². The van der Waals surface area contributed by atoms with E-state index in [1.54, 1.807) is 12.1 Å². The number of benzene rings is 1. The van der Waals surface area contributed by atoms with E-state index in [4.69, 9.17) is 0 Å². The van der Waals surface area contributed by atoms with E-state index in [-0.39, 0.29) is 17.4 Å². The van der Waals surface area contributed by atoms with Crippen LogP contribution in [0.3, 0.4) is 0 Å². The normalized spacial score (nSPS) is 17.8. The van der Waals surface area contributed by atoms with E-state index < -0.39 is 0 Å². The fourth-order valence-corrected chi connectivity index (χ4v) is 2.27. The molecule has 1 amide bonds. The van der Waals surface area contributed by atoms with Gasteiger partial charge in [0.2, 0.25) is 5.91 Å². The first-order valence-corrected chi connectivity index (χ1v) is 6.16. The van der Waals surface area contributed by atoms with Crippen LogP contribution < -0.4 is 10.2 Å². The van der Waals surface area contributed by atoms with Gasteiger partial charge in [-0.15, -0.1) is 0 Å². The minimum absolute atomic E-state index is 0.00768.